The van der Waals surface area contributed by atoms with Crippen molar-refractivity contribution < 1.29 is 24.9 Å². The van der Waals surface area contributed by atoms with Gasteiger partial charge < -0.3 is 15.3 Å². The minimum Gasteiger partial charge on any atom is -0.481 e. The fourth-order valence-electron chi connectivity index (χ4n) is 5.30. The third-order valence-electron chi connectivity index (χ3n) is 8.11. The van der Waals surface area contributed by atoms with Gasteiger partial charge in [0.15, 0.2) is 6.10 Å². The minimum absolute atomic E-state index is 0.345. The highest BCUT2D eigenvalue weighted by Crippen LogP contribution is 2.15. The topological polar surface area (TPSA) is 94.8 Å². The summed E-state index contributed by atoms with van der Waals surface area (Å²) in [6.07, 6.45) is 37.5. The van der Waals surface area contributed by atoms with Gasteiger partial charge in [-0.1, -0.05) is 194 Å². The number of hydrogen-bond donors (Lipinski definition) is 3. The van der Waals surface area contributed by atoms with Gasteiger partial charge in [-0.15, -0.1) is 0 Å². The normalized spacial score (nSPS) is 11.7. The maximum absolute atomic E-state index is 10.4. The van der Waals surface area contributed by atoms with E-state index in [0.717, 1.165) is 25.7 Å². The van der Waals surface area contributed by atoms with Crippen LogP contribution in [0.2, 0.25) is 0 Å². The van der Waals surface area contributed by atoms with Crippen LogP contribution < -0.4 is 0 Å². The summed E-state index contributed by atoms with van der Waals surface area (Å²) < 4.78 is 0. The Hall–Kier alpha value is -1.10. The Morgan fingerprint density at radius 2 is 0.659 bits per heavy atom. The minimum atomic E-state index is -1.16. The summed E-state index contributed by atoms with van der Waals surface area (Å²) >= 11 is 0. The molecule has 246 valence electrons. The van der Waals surface area contributed by atoms with E-state index in [0.29, 0.717) is 12.8 Å². The van der Waals surface area contributed by atoms with Gasteiger partial charge >= 0.3 is 11.9 Å². The first-order valence-corrected chi connectivity index (χ1v) is 18.1. The summed E-state index contributed by atoms with van der Waals surface area (Å²) in [6.45, 7) is 4.53. The molecule has 5 heteroatoms. The number of aliphatic carboxylic acids is 2. The van der Waals surface area contributed by atoms with Crippen molar-refractivity contribution in [2.75, 3.05) is 0 Å². The van der Waals surface area contributed by atoms with Crippen molar-refractivity contribution in [3.05, 3.63) is 0 Å². The van der Waals surface area contributed by atoms with Crippen LogP contribution in [0.25, 0.3) is 0 Å². The van der Waals surface area contributed by atoms with Gasteiger partial charge in [-0.25, -0.2) is 4.79 Å². The fourth-order valence-corrected chi connectivity index (χ4v) is 5.30. The quantitative estimate of drug-likeness (QED) is 0.0683. The lowest BCUT2D eigenvalue weighted by Crippen LogP contribution is -2.18. The first-order chi connectivity index (χ1) is 20.0. The molecule has 0 aromatic heterocycles. The molecule has 5 nitrogen and oxygen atoms in total. The fraction of sp³-hybridized carbons (Fsp3) is 0.944. The van der Waals surface area contributed by atoms with Gasteiger partial charge in [0.1, 0.15) is 0 Å². The lowest BCUT2D eigenvalue weighted by atomic mass is 10.0. The molecule has 0 aliphatic heterocycles. The SMILES string of the molecule is CCCCCCCCCCCCCCCCC(O)C(=O)O.CCCCCCCCCCCCCCCCCC(=O)O. The second kappa shape index (κ2) is 36.9. The summed E-state index contributed by atoms with van der Waals surface area (Å²) in [6, 6.07) is 0. The molecule has 0 heterocycles. The van der Waals surface area contributed by atoms with Crippen molar-refractivity contribution in [3.63, 3.8) is 0 Å². The van der Waals surface area contributed by atoms with Gasteiger partial charge in [-0.3, -0.25) is 4.79 Å². The first kappa shape index (κ1) is 42.0. The zero-order valence-corrected chi connectivity index (χ0v) is 27.7. The van der Waals surface area contributed by atoms with Gasteiger partial charge in [0, 0.05) is 6.42 Å². The van der Waals surface area contributed by atoms with E-state index in [4.69, 9.17) is 15.3 Å². The maximum atomic E-state index is 10.4. The molecule has 0 spiro atoms. The number of hydrogen-bond acceptors (Lipinski definition) is 3. The van der Waals surface area contributed by atoms with E-state index in [1.165, 1.54) is 161 Å². The lowest BCUT2D eigenvalue weighted by Gasteiger charge is -2.05. The van der Waals surface area contributed by atoms with E-state index in [-0.39, 0.29) is 0 Å². The third kappa shape index (κ3) is 41.1. The Morgan fingerprint density at radius 3 is 0.902 bits per heavy atom. The van der Waals surface area contributed by atoms with Crippen LogP contribution in [-0.2, 0) is 9.59 Å². The molecule has 0 aliphatic carbocycles. The summed E-state index contributed by atoms with van der Waals surface area (Å²) in [5.74, 6) is -1.75. The van der Waals surface area contributed by atoms with Crippen LogP contribution in [0, 0.1) is 0 Å². The molecule has 0 aromatic rings. The molecule has 0 saturated heterocycles. The average molecular weight is 585 g/mol. The second-order valence-electron chi connectivity index (χ2n) is 12.3. The van der Waals surface area contributed by atoms with Gasteiger partial charge in [0.25, 0.3) is 0 Å². The zero-order chi connectivity index (χ0) is 30.7. The predicted octanol–water partition coefficient (Wildman–Crippen LogP) is 11.6. The molecule has 1 atom stereocenters. The Labute approximate surface area is 255 Å². The Kier molecular flexibility index (Phi) is 37.9. The molecule has 3 N–H and O–H groups in total. The first-order valence-electron chi connectivity index (χ1n) is 18.1. The predicted molar refractivity (Wildman–Crippen MR) is 176 cm³/mol. The Bertz CT molecular complexity index is 522. The summed E-state index contributed by atoms with van der Waals surface area (Å²) in [5, 5.41) is 26.2. The van der Waals surface area contributed by atoms with Crippen LogP contribution in [-0.4, -0.2) is 33.4 Å². The molecule has 0 bridgehead atoms. The van der Waals surface area contributed by atoms with E-state index in [9.17, 15) is 9.59 Å². The third-order valence-corrected chi connectivity index (χ3v) is 8.11. The van der Waals surface area contributed by atoms with Crippen LogP contribution in [0.3, 0.4) is 0 Å². The monoisotopic (exact) mass is 585 g/mol. The van der Waals surface area contributed by atoms with Crippen molar-refractivity contribution in [2.24, 2.45) is 0 Å². The Balaban J connectivity index is 0. The number of aliphatic hydroxyl groups excluding tert-OH is 1. The summed E-state index contributed by atoms with van der Waals surface area (Å²) in [4.78, 5) is 20.7. The van der Waals surface area contributed by atoms with Crippen LogP contribution in [0.4, 0.5) is 0 Å². The van der Waals surface area contributed by atoms with Crippen LogP contribution >= 0.6 is 0 Å². The van der Waals surface area contributed by atoms with Crippen molar-refractivity contribution in [1.82, 2.24) is 0 Å². The van der Waals surface area contributed by atoms with Crippen molar-refractivity contribution in [2.45, 2.75) is 219 Å². The van der Waals surface area contributed by atoms with E-state index < -0.39 is 18.0 Å². The maximum Gasteiger partial charge on any atom is 0.332 e. The number of carboxylic acid groups (broad SMARTS) is 2. The van der Waals surface area contributed by atoms with E-state index in [2.05, 4.69) is 13.8 Å². The van der Waals surface area contributed by atoms with Crippen molar-refractivity contribution in [1.29, 1.82) is 0 Å². The molecular weight excluding hydrogens is 512 g/mol. The summed E-state index contributed by atoms with van der Waals surface area (Å²) in [7, 11) is 0. The molecule has 0 fully saturated rings. The molecule has 0 rings (SSSR count). The highest BCUT2D eigenvalue weighted by atomic mass is 16.4. The van der Waals surface area contributed by atoms with Crippen LogP contribution in [0.5, 0.6) is 0 Å². The van der Waals surface area contributed by atoms with E-state index >= 15 is 0 Å². The van der Waals surface area contributed by atoms with Gasteiger partial charge in [0.05, 0.1) is 0 Å². The molecule has 41 heavy (non-hydrogen) atoms. The molecule has 0 radical (unpaired) electrons. The molecule has 0 aromatic carbocycles. The van der Waals surface area contributed by atoms with Gasteiger partial charge in [-0.05, 0) is 12.8 Å². The average Bonchev–Trinajstić information content (AvgIpc) is 2.95. The second-order valence-corrected chi connectivity index (χ2v) is 12.3. The highest BCUT2D eigenvalue weighted by molar-refractivity contribution is 5.71. The standard InChI is InChI=1S/C18H36O3.C18H36O2/c1-2-3-4-5-6-7-8-9-10-11-12-13-14-15-16-17(19)18(20)21;1-2-3-4-5-6-7-8-9-10-11-12-13-14-15-16-17-18(19)20/h17,19H,2-16H2,1H3,(H,20,21);2-17H2,1H3,(H,19,20). The molecule has 0 amide bonds. The molecular formula is C36H72O5. The van der Waals surface area contributed by atoms with Crippen molar-refractivity contribution >= 4 is 11.9 Å². The number of rotatable bonds is 32. The number of unbranched alkanes of at least 4 members (excludes halogenated alkanes) is 27. The smallest absolute Gasteiger partial charge is 0.332 e. The van der Waals surface area contributed by atoms with E-state index in [1.807, 2.05) is 0 Å². The lowest BCUT2D eigenvalue weighted by molar-refractivity contribution is -0.147. The summed E-state index contributed by atoms with van der Waals surface area (Å²) in [5.41, 5.74) is 0. The molecule has 0 aliphatic rings. The Morgan fingerprint density at radius 1 is 0.415 bits per heavy atom. The molecule has 1 unspecified atom stereocenters. The largest absolute Gasteiger partial charge is 0.481 e. The van der Waals surface area contributed by atoms with Crippen LogP contribution in [0.1, 0.15) is 213 Å². The number of carboxylic acids is 2. The number of carbonyl (C=O) groups is 2. The zero-order valence-electron chi connectivity index (χ0n) is 27.7. The molecule has 0 saturated carbocycles. The van der Waals surface area contributed by atoms with Crippen molar-refractivity contribution in [3.8, 4) is 0 Å². The van der Waals surface area contributed by atoms with Crippen LogP contribution in [0.15, 0.2) is 0 Å². The van der Waals surface area contributed by atoms with E-state index in [1.54, 1.807) is 0 Å². The number of aliphatic hydroxyl groups is 1. The van der Waals surface area contributed by atoms with Gasteiger partial charge in [-0.2, -0.15) is 0 Å². The van der Waals surface area contributed by atoms with Gasteiger partial charge in [0.2, 0.25) is 0 Å². The highest BCUT2D eigenvalue weighted by Gasteiger charge is 2.11.